The quantitative estimate of drug-likeness (QED) is 0.809. The maximum atomic E-state index is 9.51. The Balaban J connectivity index is 2.45. The third kappa shape index (κ3) is 2.05. The van der Waals surface area contributed by atoms with Crippen LogP contribution in [0.15, 0.2) is 18.5 Å². The highest BCUT2D eigenvalue weighted by Crippen LogP contribution is 2.17. The molecule has 1 N–H and O–H groups in total. The molecule has 0 saturated heterocycles. The van der Waals surface area contributed by atoms with E-state index in [4.69, 9.17) is 11.6 Å². The van der Waals surface area contributed by atoms with E-state index in [0.29, 0.717) is 5.82 Å². The van der Waals surface area contributed by atoms with Crippen LogP contribution in [0.1, 0.15) is 24.3 Å². The van der Waals surface area contributed by atoms with Crippen molar-refractivity contribution >= 4 is 11.6 Å². The Bertz CT molecular complexity index is 509. The maximum Gasteiger partial charge on any atom is 0.224 e. The van der Waals surface area contributed by atoms with Gasteiger partial charge in [0.05, 0.1) is 11.8 Å². The average Bonchev–Trinajstić information content (AvgIpc) is 2.60. The van der Waals surface area contributed by atoms with E-state index in [1.165, 1.54) is 0 Å². The van der Waals surface area contributed by atoms with E-state index in [2.05, 4.69) is 15.1 Å². The highest BCUT2D eigenvalue weighted by atomic mass is 35.5. The topological polar surface area (TPSA) is 63.8 Å². The van der Waals surface area contributed by atoms with Crippen molar-refractivity contribution < 1.29 is 5.11 Å². The zero-order chi connectivity index (χ0) is 11.7. The Labute approximate surface area is 97.7 Å². The summed E-state index contributed by atoms with van der Waals surface area (Å²) in [5.41, 5.74) is 1.54. The summed E-state index contributed by atoms with van der Waals surface area (Å²) in [6.07, 6.45) is 2.74. The fourth-order valence-electron chi connectivity index (χ4n) is 1.45. The van der Waals surface area contributed by atoms with Gasteiger partial charge in [0, 0.05) is 24.0 Å². The Morgan fingerprint density at radius 3 is 2.81 bits per heavy atom. The maximum absolute atomic E-state index is 9.51. The molecule has 5 nitrogen and oxygen atoms in total. The number of aryl methyl sites for hydroxylation is 1. The van der Waals surface area contributed by atoms with Gasteiger partial charge >= 0.3 is 0 Å². The van der Waals surface area contributed by atoms with Crippen LogP contribution in [0.4, 0.5) is 0 Å². The second-order valence-corrected chi connectivity index (χ2v) is 3.81. The molecule has 2 heterocycles. The third-order valence-electron chi connectivity index (χ3n) is 2.23. The van der Waals surface area contributed by atoms with E-state index in [1.807, 2.05) is 6.92 Å². The molecule has 0 bridgehead atoms. The molecule has 0 radical (unpaired) electrons. The van der Waals surface area contributed by atoms with Crippen LogP contribution in [0.2, 0.25) is 5.28 Å². The van der Waals surface area contributed by atoms with Crippen LogP contribution in [0, 0.1) is 6.92 Å². The molecule has 0 spiro atoms. The van der Waals surface area contributed by atoms with Crippen LogP contribution in [0.5, 0.6) is 0 Å². The third-order valence-corrected chi connectivity index (χ3v) is 2.42. The van der Waals surface area contributed by atoms with Crippen LogP contribution in [-0.2, 0) is 0 Å². The number of aliphatic hydroxyl groups excluding tert-OH is 1. The first-order valence-electron chi connectivity index (χ1n) is 4.81. The van der Waals surface area contributed by atoms with Crippen molar-refractivity contribution in [1.29, 1.82) is 0 Å². The largest absolute Gasteiger partial charge is 0.389 e. The van der Waals surface area contributed by atoms with E-state index in [1.54, 1.807) is 30.1 Å². The Morgan fingerprint density at radius 2 is 2.25 bits per heavy atom. The molecule has 1 atom stereocenters. The number of rotatable bonds is 2. The SMILES string of the molecule is Cc1nn(-c2ccnc(Cl)n2)cc1C(C)O. The molecule has 0 amide bonds. The molecule has 2 rings (SSSR count). The van der Waals surface area contributed by atoms with Crippen LogP contribution >= 0.6 is 11.6 Å². The minimum atomic E-state index is -0.550. The van der Waals surface area contributed by atoms with Gasteiger partial charge in [0.25, 0.3) is 0 Å². The molecule has 6 heteroatoms. The minimum absolute atomic E-state index is 0.171. The summed E-state index contributed by atoms with van der Waals surface area (Å²) < 4.78 is 1.57. The lowest BCUT2D eigenvalue weighted by atomic mass is 10.2. The van der Waals surface area contributed by atoms with E-state index in [0.717, 1.165) is 11.3 Å². The summed E-state index contributed by atoms with van der Waals surface area (Å²) in [5.74, 6) is 0.579. The molecule has 0 fully saturated rings. The molecule has 0 aliphatic rings. The zero-order valence-electron chi connectivity index (χ0n) is 8.92. The lowest BCUT2D eigenvalue weighted by Crippen LogP contribution is -1.99. The predicted octanol–water partition coefficient (Wildman–Crippen LogP) is 1.68. The number of halogens is 1. The van der Waals surface area contributed by atoms with E-state index >= 15 is 0 Å². The molecule has 0 saturated carbocycles. The lowest BCUT2D eigenvalue weighted by molar-refractivity contribution is 0.198. The van der Waals surface area contributed by atoms with Crippen LogP contribution in [-0.4, -0.2) is 24.9 Å². The molecule has 84 valence electrons. The van der Waals surface area contributed by atoms with Gasteiger partial charge < -0.3 is 5.11 Å². The van der Waals surface area contributed by atoms with Crippen molar-refractivity contribution in [1.82, 2.24) is 19.7 Å². The first-order valence-corrected chi connectivity index (χ1v) is 5.19. The molecule has 2 aromatic rings. The van der Waals surface area contributed by atoms with Crippen LogP contribution < -0.4 is 0 Å². The van der Waals surface area contributed by atoms with Gasteiger partial charge in [-0.2, -0.15) is 10.1 Å². The Morgan fingerprint density at radius 1 is 1.50 bits per heavy atom. The fraction of sp³-hybridized carbons (Fsp3) is 0.300. The van der Waals surface area contributed by atoms with Gasteiger partial charge in [0.15, 0.2) is 5.82 Å². The highest BCUT2D eigenvalue weighted by molar-refractivity contribution is 6.28. The highest BCUT2D eigenvalue weighted by Gasteiger charge is 2.11. The van der Waals surface area contributed by atoms with Crippen LogP contribution in [0.3, 0.4) is 0 Å². The van der Waals surface area contributed by atoms with Gasteiger partial charge in [0.1, 0.15) is 0 Å². The summed E-state index contributed by atoms with van der Waals surface area (Å²) in [4.78, 5) is 7.82. The summed E-state index contributed by atoms with van der Waals surface area (Å²) in [7, 11) is 0. The van der Waals surface area contributed by atoms with Gasteiger partial charge in [-0.1, -0.05) is 0 Å². The van der Waals surface area contributed by atoms with Crippen LogP contribution in [0.25, 0.3) is 5.82 Å². The van der Waals surface area contributed by atoms with Crippen molar-refractivity contribution in [3.63, 3.8) is 0 Å². The van der Waals surface area contributed by atoms with Gasteiger partial charge in [-0.15, -0.1) is 0 Å². The van der Waals surface area contributed by atoms with Gasteiger partial charge in [-0.25, -0.2) is 9.67 Å². The van der Waals surface area contributed by atoms with Crippen molar-refractivity contribution in [3.05, 3.63) is 35.0 Å². The Hall–Kier alpha value is -1.46. The molecule has 0 aliphatic heterocycles. The molecular formula is C10H11ClN4O. The van der Waals surface area contributed by atoms with E-state index in [-0.39, 0.29) is 5.28 Å². The second-order valence-electron chi connectivity index (χ2n) is 3.47. The molecule has 0 aromatic carbocycles. The smallest absolute Gasteiger partial charge is 0.224 e. The van der Waals surface area contributed by atoms with Crippen molar-refractivity contribution in [2.75, 3.05) is 0 Å². The summed E-state index contributed by atoms with van der Waals surface area (Å²) in [6.45, 7) is 3.53. The monoisotopic (exact) mass is 238 g/mol. The van der Waals surface area contributed by atoms with Crippen molar-refractivity contribution in [2.45, 2.75) is 20.0 Å². The minimum Gasteiger partial charge on any atom is -0.389 e. The Kier molecular flexibility index (Phi) is 2.89. The normalized spacial score (nSPS) is 12.8. The van der Waals surface area contributed by atoms with Gasteiger partial charge in [-0.3, -0.25) is 0 Å². The second kappa shape index (κ2) is 4.19. The number of hydrogen-bond acceptors (Lipinski definition) is 4. The zero-order valence-corrected chi connectivity index (χ0v) is 9.68. The number of hydrogen-bond donors (Lipinski definition) is 1. The first-order chi connectivity index (χ1) is 7.58. The average molecular weight is 239 g/mol. The fourth-order valence-corrected chi connectivity index (χ4v) is 1.60. The molecular weight excluding hydrogens is 228 g/mol. The molecule has 1 unspecified atom stereocenters. The molecule has 0 aliphatic carbocycles. The van der Waals surface area contributed by atoms with Gasteiger partial charge in [0.2, 0.25) is 5.28 Å². The molecule has 2 aromatic heterocycles. The first kappa shape index (κ1) is 11.0. The van der Waals surface area contributed by atoms with E-state index < -0.39 is 6.10 Å². The van der Waals surface area contributed by atoms with Crippen molar-refractivity contribution in [3.8, 4) is 5.82 Å². The predicted molar refractivity (Wildman–Crippen MR) is 59.5 cm³/mol. The van der Waals surface area contributed by atoms with Gasteiger partial charge in [-0.05, 0) is 25.4 Å². The number of aromatic nitrogens is 4. The lowest BCUT2D eigenvalue weighted by Gasteiger charge is -2.00. The summed E-state index contributed by atoms with van der Waals surface area (Å²) in [6, 6.07) is 1.70. The standard InChI is InChI=1S/C10H11ClN4O/c1-6-8(7(2)16)5-15(14-6)9-3-4-12-10(11)13-9/h3-5,7,16H,1-2H3. The number of aliphatic hydroxyl groups is 1. The summed E-state index contributed by atoms with van der Waals surface area (Å²) >= 11 is 5.69. The molecule has 16 heavy (non-hydrogen) atoms. The van der Waals surface area contributed by atoms with Crippen molar-refractivity contribution in [2.24, 2.45) is 0 Å². The van der Waals surface area contributed by atoms with E-state index in [9.17, 15) is 5.11 Å². The summed E-state index contributed by atoms with van der Waals surface area (Å²) in [5, 5.41) is 13.9. The number of nitrogens with zero attached hydrogens (tertiary/aromatic N) is 4.